The van der Waals surface area contributed by atoms with Crippen molar-refractivity contribution in [3.05, 3.63) is 0 Å². The van der Waals surface area contributed by atoms with E-state index in [9.17, 15) is 4.79 Å². The second-order valence-electron chi connectivity index (χ2n) is 4.82. The summed E-state index contributed by atoms with van der Waals surface area (Å²) in [5.41, 5.74) is 0.0545. The Bertz CT molecular complexity index is 209. The van der Waals surface area contributed by atoms with E-state index in [1.165, 1.54) is 6.92 Å². The van der Waals surface area contributed by atoms with Crippen LogP contribution in [0.2, 0.25) is 0 Å². The Morgan fingerprint density at radius 3 is 2.50 bits per heavy atom. The summed E-state index contributed by atoms with van der Waals surface area (Å²) in [6.45, 7) is 9.26. The van der Waals surface area contributed by atoms with Crippen LogP contribution in [0.1, 0.15) is 20.8 Å². The van der Waals surface area contributed by atoms with Gasteiger partial charge in [-0.15, -0.1) is 0 Å². The number of hydrogen-bond donors (Lipinski definition) is 1. The molecule has 0 heterocycles. The summed E-state index contributed by atoms with van der Waals surface area (Å²) >= 11 is 0. The highest BCUT2D eigenvalue weighted by molar-refractivity contribution is 7.56. The predicted octanol–water partition coefficient (Wildman–Crippen LogP) is 1.84. The van der Waals surface area contributed by atoms with Crippen molar-refractivity contribution in [2.24, 2.45) is 5.41 Å². The highest BCUT2D eigenvalue weighted by Gasteiger charge is 2.18. The summed E-state index contributed by atoms with van der Waals surface area (Å²) < 4.78 is 10.8. The van der Waals surface area contributed by atoms with E-state index in [0.717, 1.165) is 12.6 Å². The van der Waals surface area contributed by atoms with Gasteiger partial charge in [0.15, 0.2) is 0 Å². The summed E-state index contributed by atoms with van der Waals surface area (Å²) in [6.07, 6.45) is 1.46. The van der Waals surface area contributed by atoms with Crippen LogP contribution in [-0.4, -0.2) is 45.5 Å². The Kier molecular flexibility index (Phi) is 7.90. The number of carbonyl (C=O) groups excluding carboxylic acids is 1. The van der Waals surface area contributed by atoms with E-state index in [4.69, 9.17) is 9.47 Å². The number of rotatable bonds is 8. The van der Waals surface area contributed by atoms with E-state index >= 15 is 0 Å². The minimum absolute atomic E-state index is 0.0223. The Morgan fingerprint density at radius 1 is 1.38 bits per heavy atom. The van der Waals surface area contributed by atoms with E-state index in [1.807, 2.05) is 0 Å². The molecule has 0 aliphatic carbocycles. The quantitative estimate of drug-likeness (QED) is 0.668. The maximum atomic E-state index is 10.7. The lowest BCUT2D eigenvalue weighted by atomic mass is 9.96. The Balaban J connectivity index is 3.60. The third-order valence-electron chi connectivity index (χ3n) is 1.94. The zero-order chi connectivity index (χ0) is 12.6. The Hall–Kier alpha value is -0.180. The molecule has 1 unspecified atom stereocenters. The molecule has 0 spiro atoms. The molecular formula is C11H24NO3P. The molecule has 1 atom stereocenters. The highest BCUT2D eigenvalue weighted by atomic mass is 31.1. The number of methoxy groups -OCH3 is 1. The van der Waals surface area contributed by atoms with Gasteiger partial charge in [0.2, 0.25) is 5.91 Å². The number of amides is 1. The molecule has 0 saturated carbocycles. The first-order valence-electron chi connectivity index (χ1n) is 5.37. The topological polar surface area (TPSA) is 47.6 Å². The van der Waals surface area contributed by atoms with Gasteiger partial charge in [-0.05, 0) is 6.66 Å². The third kappa shape index (κ3) is 9.08. The summed E-state index contributed by atoms with van der Waals surface area (Å²) in [5, 5.41) is 2.80. The lowest BCUT2D eigenvalue weighted by molar-refractivity contribution is -0.118. The molecule has 0 aliphatic rings. The van der Waals surface area contributed by atoms with Gasteiger partial charge in [-0.25, -0.2) is 0 Å². The summed E-state index contributed by atoms with van der Waals surface area (Å²) in [7, 11) is 1.43. The van der Waals surface area contributed by atoms with Crippen LogP contribution in [0.4, 0.5) is 0 Å². The summed E-state index contributed by atoms with van der Waals surface area (Å²) in [6, 6.07) is 0. The van der Waals surface area contributed by atoms with Crippen LogP contribution in [0, 0.1) is 5.41 Å². The van der Waals surface area contributed by atoms with Crippen molar-refractivity contribution in [2.75, 3.05) is 39.6 Å². The molecule has 0 saturated heterocycles. The molecule has 0 fully saturated rings. The van der Waals surface area contributed by atoms with Gasteiger partial charge >= 0.3 is 0 Å². The van der Waals surface area contributed by atoms with Gasteiger partial charge < -0.3 is 14.8 Å². The highest BCUT2D eigenvalue weighted by Crippen LogP contribution is 2.29. The molecule has 1 amide bonds. The van der Waals surface area contributed by atoms with Gasteiger partial charge in [0.25, 0.3) is 0 Å². The predicted molar refractivity (Wildman–Crippen MR) is 68.0 cm³/mol. The summed E-state index contributed by atoms with van der Waals surface area (Å²) in [5.74, 6) is 0.0223. The summed E-state index contributed by atoms with van der Waals surface area (Å²) in [4.78, 5) is 10.7. The molecule has 1 N–H and O–H groups in total. The molecule has 0 radical (unpaired) electrons. The maximum Gasteiger partial charge on any atom is 0.217 e. The van der Waals surface area contributed by atoms with Crippen molar-refractivity contribution in [2.45, 2.75) is 20.8 Å². The lowest BCUT2D eigenvalue weighted by Gasteiger charge is -2.24. The van der Waals surface area contributed by atoms with E-state index in [0.29, 0.717) is 13.2 Å². The fourth-order valence-electron chi connectivity index (χ4n) is 1.20. The second kappa shape index (κ2) is 7.99. The van der Waals surface area contributed by atoms with E-state index in [1.54, 1.807) is 7.11 Å². The SMILES string of the molecule is COCC(C)(C)COCP(C)CNC(C)=O. The molecular weight excluding hydrogens is 225 g/mol. The van der Waals surface area contributed by atoms with Gasteiger partial charge in [0.05, 0.1) is 19.6 Å². The van der Waals surface area contributed by atoms with Gasteiger partial charge in [-0.3, -0.25) is 4.79 Å². The molecule has 0 rings (SSSR count). The van der Waals surface area contributed by atoms with Crippen molar-refractivity contribution in [3.63, 3.8) is 0 Å². The minimum atomic E-state index is -0.270. The van der Waals surface area contributed by atoms with E-state index in [-0.39, 0.29) is 19.2 Å². The average molecular weight is 249 g/mol. The molecule has 16 heavy (non-hydrogen) atoms. The van der Waals surface area contributed by atoms with Gasteiger partial charge in [-0.2, -0.15) is 0 Å². The van der Waals surface area contributed by atoms with Gasteiger partial charge in [0.1, 0.15) is 0 Å². The van der Waals surface area contributed by atoms with Crippen molar-refractivity contribution in [1.29, 1.82) is 0 Å². The van der Waals surface area contributed by atoms with Crippen molar-refractivity contribution >= 4 is 13.8 Å². The van der Waals surface area contributed by atoms with Crippen LogP contribution in [0.5, 0.6) is 0 Å². The van der Waals surface area contributed by atoms with Crippen LogP contribution < -0.4 is 5.32 Å². The second-order valence-corrected chi connectivity index (χ2v) is 7.11. The fourth-order valence-corrected chi connectivity index (χ4v) is 2.19. The molecule has 0 bridgehead atoms. The van der Waals surface area contributed by atoms with Crippen molar-refractivity contribution in [3.8, 4) is 0 Å². The monoisotopic (exact) mass is 249 g/mol. The van der Waals surface area contributed by atoms with Crippen LogP contribution in [0.15, 0.2) is 0 Å². The first-order valence-corrected chi connectivity index (χ1v) is 7.53. The van der Waals surface area contributed by atoms with Gasteiger partial charge in [-0.1, -0.05) is 21.8 Å². The van der Waals surface area contributed by atoms with Crippen LogP contribution in [0.3, 0.4) is 0 Å². The fraction of sp³-hybridized carbons (Fsp3) is 0.909. The maximum absolute atomic E-state index is 10.7. The molecule has 4 nitrogen and oxygen atoms in total. The van der Waals surface area contributed by atoms with Crippen LogP contribution in [-0.2, 0) is 14.3 Å². The normalized spacial score (nSPS) is 13.6. The first-order chi connectivity index (χ1) is 7.37. The smallest absolute Gasteiger partial charge is 0.217 e. The molecule has 0 aliphatic heterocycles. The average Bonchev–Trinajstić information content (AvgIpc) is 2.14. The van der Waals surface area contributed by atoms with Crippen LogP contribution in [0.25, 0.3) is 0 Å². The Morgan fingerprint density at radius 2 is 2.00 bits per heavy atom. The standard InChI is InChI=1S/C11H24NO3P/c1-10(13)12-8-16(5)9-15-7-11(2,3)6-14-4/h6-9H2,1-5H3,(H,12,13). The first kappa shape index (κ1) is 15.8. The van der Waals surface area contributed by atoms with E-state index < -0.39 is 0 Å². The Labute approximate surface area is 99.8 Å². The number of nitrogens with one attached hydrogen (secondary N) is 1. The van der Waals surface area contributed by atoms with E-state index in [2.05, 4.69) is 25.8 Å². The van der Waals surface area contributed by atoms with Crippen molar-refractivity contribution in [1.82, 2.24) is 5.32 Å². The van der Waals surface area contributed by atoms with Crippen molar-refractivity contribution < 1.29 is 14.3 Å². The molecule has 0 aromatic rings. The van der Waals surface area contributed by atoms with Crippen LogP contribution >= 0.6 is 7.92 Å². The molecule has 0 aromatic carbocycles. The minimum Gasteiger partial charge on any atom is -0.384 e. The molecule has 96 valence electrons. The lowest BCUT2D eigenvalue weighted by Crippen LogP contribution is -2.25. The third-order valence-corrected chi connectivity index (χ3v) is 3.26. The largest absolute Gasteiger partial charge is 0.384 e. The zero-order valence-electron chi connectivity index (χ0n) is 11.0. The number of hydrogen-bond acceptors (Lipinski definition) is 3. The number of carbonyl (C=O) groups is 1. The molecule has 0 aromatic heterocycles. The van der Waals surface area contributed by atoms with Gasteiger partial charge in [0, 0.05) is 25.7 Å². The number of ether oxygens (including phenoxy) is 2. The zero-order valence-corrected chi connectivity index (χ0v) is 11.9. The molecule has 5 heteroatoms.